The normalized spacial score (nSPS) is 15.2. The summed E-state index contributed by atoms with van der Waals surface area (Å²) >= 11 is 0. The van der Waals surface area contributed by atoms with E-state index >= 15 is 0 Å². The molecule has 1 atom stereocenters. The van der Waals surface area contributed by atoms with Crippen LogP contribution in [0.1, 0.15) is 24.8 Å². The summed E-state index contributed by atoms with van der Waals surface area (Å²) < 4.78 is 5.08. The van der Waals surface area contributed by atoms with Crippen LogP contribution in [-0.4, -0.2) is 18.0 Å². The zero-order valence-electron chi connectivity index (χ0n) is 11.2. The van der Waals surface area contributed by atoms with Crippen LogP contribution < -0.4 is 16.6 Å². The Morgan fingerprint density at radius 3 is 2.60 bits per heavy atom. The van der Waals surface area contributed by atoms with Crippen molar-refractivity contribution in [2.75, 3.05) is 0 Å². The Bertz CT molecular complexity index is 460. The number of ether oxygens (including phenoxy) is 1. The fraction of sp³-hybridized carbons (Fsp3) is 0.429. The van der Waals surface area contributed by atoms with Crippen LogP contribution in [0.25, 0.3) is 0 Å². The first-order valence-corrected chi connectivity index (χ1v) is 6.66. The minimum absolute atomic E-state index is 0.174. The van der Waals surface area contributed by atoms with Crippen molar-refractivity contribution in [3.8, 4) is 0 Å². The number of benzene rings is 1. The summed E-state index contributed by atoms with van der Waals surface area (Å²) in [5.74, 6) is 5.22. The number of amides is 2. The molecule has 1 aromatic rings. The minimum Gasteiger partial charge on any atom is -0.445 e. The molecule has 0 aromatic heterocycles. The van der Waals surface area contributed by atoms with Crippen LogP contribution >= 0.6 is 0 Å². The van der Waals surface area contributed by atoms with Gasteiger partial charge in [0.2, 0.25) is 0 Å². The van der Waals surface area contributed by atoms with Gasteiger partial charge in [-0.05, 0) is 17.9 Å². The van der Waals surface area contributed by atoms with Crippen molar-refractivity contribution in [2.45, 2.75) is 31.9 Å². The largest absolute Gasteiger partial charge is 0.445 e. The molecule has 2 rings (SSSR count). The molecule has 1 saturated carbocycles. The number of nitrogens with one attached hydrogen (secondary N) is 2. The highest BCUT2D eigenvalue weighted by atomic mass is 16.5. The van der Waals surface area contributed by atoms with Crippen LogP contribution in [0.5, 0.6) is 0 Å². The maximum Gasteiger partial charge on any atom is 0.408 e. The van der Waals surface area contributed by atoms with Gasteiger partial charge in [0.05, 0.1) is 0 Å². The van der Waals surface area contributed by atoms with E-state index in [2.05, 4.69) is 10.7 Å². The summed E-state index contributed by atoms with van der Waals surface area (Å²) in [6.45, 7) is 0.174. The van der Waals surface area contributed by atoms with Gasteiger partial charge in [-0.2, -0.15) is 0 Å². The molecule has 1 fully saturated rings. The second-order valence-electron chi connectivity index (χ2n) is 4.95. The Kier molecular flexibility index (Phi) is 4.95. The average molecular weight is 277 g/mol. The van der Waals surface area contributed by atoms with Crippen LogP contribution in [0.3, 0.4) is 0 Å². The van der Waals surface area contributed by atoms with Gasteiger partial charge in [0.25, 0.3) is 5.91 Å². The SMILES string of the molecule is NNC(=O)C(CC1CC1)NC(=O)OCc1ccccc1. The lowest BCUT2D eigenvalue weighted by atomic mass is 10.1. The monoisotopic (exact) mass is 277 g/mol. The van der Waals surface area contributed by atoms with E-state index in [1.54, 1.807) is 0 Å². The number of hydrogen-bond donors (Lipinski definition) is 3. The van der Waals surface area contributed by atoms with E-state index in [-0.39, 0.29) is 6.61 Å². The first kappa shape index (κ1) is 14.3. The van der Waals surface area contributed by atoms with E-state index < -0.39 is 18.0 Å². The molecule has 1 aliphatic rings. The average Bonchev–Trinajstić information content (AvgIpc) is 3.28. The molecule has 6 heteroatoms. The van der Waals surface area contributed by atoms with Crippen molar-refractivity contribution >= 4 is 12.0 Å². The quantitative estimate of drug-likeness (QED) is 0.412. The standard InChI is InChI=1S/C14H19N3O3/c15-17-13(18)12(8-10-6-7-10)16-14(19)20-9-11-4-2-1-3-5-11/h1-5,10,12H,6-9,15H2,(H,16,19)(H,17,18). The maximum atomic E-state index is 11.7. The molecule has 0 spiro atoms. The highest BCUT2D eigenvalue weighted by molar-refractivity contribution is 5.85. The number of carbonyl (C=O) groups is 2. The lowest BCUT2D eigenvalue weighted by Gasteiger charge is -2.16. The lowest BCUT2D eigenvalue weighted by molar-refractivity contribution is -0.123. The van der Waals surface area contributed by atoms with Gasteiger partial charge in [-0.3, -0.25) is 10.2 Å². The zero-order valence-corrected chi connectivity index (χ0v) is 11.2. The van der Waals surface area contributed by atoms with Crippen molar-refractivity contribution in [1.82, 2.24) is 10.7 Å². The van der Waals surface area contributed by atoms with Gasteiger partial charge in [0.15, 0.2) is 0 Å². The van der Waals surface area contributed by atoms with Crippen LogP contribution in [-0.2, 0) is 16.1 Å². The number of hydrogen-bond acceptors (Lipinski definition) is 4. The predicted octanol–water partition coefficient (Wildman–Crippen LogP) is 1.07. The third-order valence-corrected chi connectivity index (χ3v) is 3.23. The molecule has 0 bridgehead atoms. The van der Waals surface area contributed by atoms with Crippen LogP contribution in [0.4, 0.5) is 4.79 Å². The molecule has 2 amide bonds. The Hall–Kier alpha value is -2.08. The van der Waals surface area contributed by atoms with Gasteiger partial charge in [0, 0.05) is 0 Å². The highest BCUT2D eigenvalue weighted by Crippen LogP contribution is 2.33. The van der Waals surface area contributed by atoms with E-state index in [0.29, 0.717) is 12.3 Å². The number of hydrazine groups is 1. The molecule has 1 unspecified atom stereocenters. The molecule has 6 nitrogen and oxygen atoms in total. The zero-order chi connectivity index (χ0) is 14.4. The third kappa shape index (κ3) is 4.55. The Morgan fingerprint density at radius 1 is 1.30 bits per heavy atom. The fourth-order valence-electron chi connectivity index (χ4n) is 1.93. The van der Waals surface area contributed by atoms with E-state index in [4.69, 9.17) is 10.6 Å². The Labute approximate surface area is 117 Å². The van der Waals surface area contributed by atoms with E-state index in [1.165, 1.54) is 0 Å². The van der Waals surface area contributed by atoms with Crippen molar-refractivity contribution in [3.05, 3.63) is 35.9 Å². The van der Waals surface area contributed by atoms with Crippen LogP contribution in [0.2, 0.25) is 0 Å². The fourth-order valence-corrected chi connectivity index (χ4v) is 1.93. The highest BCUT2D eigenvalue weighted by Gasteiger charge is 2.30. The molecule has 0 radical (unpaired) electrons. The Morgan fingerprint density at radius 2 is 2.00 bits per heavy atom. The summed E-state index contributed by atoms with van der Waals surface area (Å²) in [7, 11) is 0. The van der Waals surface area contributed by atoms with Gasteiger partial charge in [-0.25, -0.2) is 10.6 Å². The summed E-state index contributed by atoms with van der Waals surface area (Å²) in [5.41, 5.74) is 2.96. The number of nitrogens with two attached hydrogens (primary N) is 1. The maximum absolute atomic E-state index is 11.7. The number of alkyl carbamates (subject to hydrolysis) is 1. The molecule has 4 N–H and O–H groups in total. The van der Waals surface area contributed by atoms with Gasteiger partial charge in [0.1, 0.15) is 12.6 Å². The molecular weight excluding hydrogens is 258 g/mol. The van der Waals surface area contributed by atoms with Gasteiger partial charge in [-0.15, -0.1) is 0 Å². The number of carbonyl (C=O) groups excluding carboxylic acids is 2. The topological polar surface area (TPSA) is 93.5 Å². The molecular formula is C14H19N3O3. The molecule has 0 aliphatic heterocycles. The van der Waals surface area contributed by atoms with E-state index in [1.807, 2.05) is 30.3 Å². The lowest BCUT2D eigenvalue weighted by Crippen LogP contribution is -2.49. The van der Waals surface area contributed by atoms with Gasteiger partial charge >= 0.3 is 6.09 Å². The second kappa shape index (κ2) is 6.91. The smallest absolute Gasteiger partial charge is 0.408 e. The van der Waals surface area contributed by atoms with Gasteiger partial charge in [-0.1, -0.05) is 43.2 Å². The molecule has 0 saturated heterocycles. The van der Waals surface area contributed by atoms with E-state index in [9.17, 15) is 9.59 Å². The first-order chi connectivity index (χ1) is 9.69. The van der Waals surface area contributed by atoms with Crippen molar-refractivity contribution in [3.63, 3.8) is 0 Å². The number of rotatable bonds is 6. The van der Waals surface area contributed by atoms with E-state index in [0.717, 1.165) is 18.4 Å². The Balaban J connectivity index is 1.79. The van der Waals surface area contributed by atoms with Crippen LogP contribution in [0, 0.1) is 5.92 Å². The van der Waals surface area contributed by atoms with Crippen molar-refractivity contribution in [1.29, 1.82) is 0 Å². The molecule has 108 valence electrons. The summed E-state index contributed by atoms with van der Waals surface area (Å²) in [6.07, 6.45) is 2.18. The third-order valence-electron chi connectivity index (χ3n) is 3.23. The summed E-state index contributed by atoms with van der Waals surface area (Å²) in [5, 5.41) is 2.56. The molecule has 20 heavy (non-hydrogen) atoms. The summed E-state index contributed by atoms with van der Waals surface area (Å²) in [4.78, 5) is 23.3. The summed E-state index contributed by atoms with van der Waals surface area (Å²) in [6, 6.07) is 8.72. The first-order valence-electron chi connectivity index (χ1n) is 6.66. The molecule has 1 aromatic carbocycles. The molecule has 1 aliphatic carbocycles. The van der Waals surface area contributed by atoms with Gasteiger partial charge < -0.3 is 10.1 Å². The van der Waals surface area contributed by atoms with Crippen LogP contribution in [0.15, 0.2) is 30.3 Å². The van der Waals surface area contributed by atoms with Crippen molar-refractivity contribution < 1.29 is 14.3 Å². The minimum atomic E-state index is -0.629. The molecule has 0 heterocycles. The van der Waals surface area contributed by atoms with Crippen molar-refractivity contribution in [2.24, 2.45) is 11.8 Å². The second-order valence-corrected chi connectivity index (χ2v) is 4.95. The predicted molar refractivity (Wildman–Crippen MR) is 73.2 cm³/mol.